The molecule has 0 radical (unpaired) electrons. The van der Waals surface area contributed by atoms with E-state index in [1.54, 1.807) is 68.4 Å². The van der Waals surface area contributed by atoms with E-state index in [0.29, 0.717) is 50.3 Å². The van der Waals surface area contributed by atoms with Crippen LogP contribution >= 0.6 is 12.2 Å². The minimum Gasteiger partial charge on any atom is -0.493 e. The topological polar surface area (TPSA) is 143 Å². The molecule has 0 spiro atoms. The number of nitrogens with one attached hydrogen (secondary N) is 3. The Labute approximate surface area is 260 Å². The average Bonchev–Trinajstić information content (AvgIpc) is 3.03. The largest absolute Gasteiger partial charge is 0.493 e. The monoisotopic (exact) mass is 613 g/mol. The summed E-state index contributed by atoms with van der Waals surface area (Å²) >= 11 is 5.32. The number of carbonyl (C=O) groups is 2. The lowest BCUT2D eigenvalue weighted by Gasteiger charge is -2.30. The molecule has 1 aliphatic heterocycles. The van der Waals surface area contributed by atoms with Gasteiger partial charge >= 0.3 is 5.97 Å². The fraction of sp³-hybridized carbons (Fsp3) is 0.219. The van der Waals surface area contributed by atoms with E-state index in [0.717, 1.165) is 5.56 Å². The van der Waals surface area contributed by atoms with E-state index in [9.17, 15) is 9.59 Å². The molecule has 3 aromatic carbocycles. The third kappa shape index (κ3) is 7.90. The molecule has 226 valence electrons. The summed E-state index contributed by atoms with van der Waals surface area (Å²) in [6, 6.07) is 20.8. The molecule has 4 rings (SSSR count). The highest BCUT2D eigenvalue weighted by Gasteiger charge is 2.32. The van der Waals surface area contributed by atoms with Crippen molar-refractivity contribution in [1.29, 1.82) is 5.26 Å². The summed E-state index contributed by atoms with van der Waals surface area (Å²) in [5.41, 5.74) is 5.99. The van der Waals surface area contributed by atoms with Gasteiger partial charge in [-0.2, -0.15) is 10.4 Å². The minimum absolute atomic E-state index is 0.214. The van der Waals surface area contributed by atoms with Gasteiger partial charge in [-0.25, -0.2) is 10.2 Å². The number of rotatable bonds is 12. The van der Waals surface area contributed by atoms with Gasteiger partial charge in [-0.1, -0.05) is 36.4 Å². The maximum atomic E-state index is 12.8. The number of carbonyl (C=O) groups excluding carboxylic acids is 2. The second kappa shape index (κ2) is 15.2. The minimum atomic E-state index is -0.643. The molecule has 1 atom stereocenters. The number of hydrogen-bond donors (Lipinski definition) is 3. The summed E-state index contributed by atoms with van der Waals surface area (Å²) in [7, 11) is 1.53. The predicted octanol–water partition coefficient (Wildman–Crippen LogP) is 4.03. The number of methoxy groups -OCH3 is 1. The fourth-order valence-electron chi connectivity index (χ4n) is 4.39. The number of amides is 1. The molecule has 12 heteroatoms. The van der Waals surface area contributed by atoms with Gasteiger partial charge in [-0.05, 0) is 62.0 Å². The molecular weight excluding hydrogens is 582 g/mol. The second-order valence-electron chi connectivity index (χ2n) is 9.39. The summed E-state index contributed by atoms with van der Waals surface area (Å²) in [4.78, 5) is 25.4. The average molecular weight is 614 g/mol. The van der Waals surface area contributed by atoms with Crippen LogP contribution in [0.5, 0.6) is 17.2 Å². The molecular formula is C32H31N5O6S. The Bertz CT molecular complexity index is 1630. The van der Waals surface area contributed by atoms with E-state index in [4.69, 9.17) is 36.4 Å². The highest BCUT2D eigenvalue weighted by Crippen LogP contribution is 2.34. The third-order valence-corrected chi connectivity index (χ3v) is 6.66. The maximum absolute atomic E-state index is 12.8. The number of hydrazone groups is 1. The molecule has 44 heavy (non-hydrogen) atoms. The van der Waals surface area contributed by atoms with Gasteiger partial charge in [-0.3, -0.25) is 4.79 Å². The first-order valence-corrected chi connectivity index (χ1v) is 14.0. The number of thiocarbonyl (C=S) groups is 1. The van der Waals surface area contributed by atoms with Crippen molar-refractivity contribution in [1.82, 2.24) is 16.1 Å². The Hall–Kier alpha value is -5.41. The van der Waals surface area contributed by atoms with E-state index < -0.39 is 17.9 Å². The Morgan fingerprint density at radius 2 is 1.82 bits per heavy atom. The van der Waals surface area contributed by atoms with Crippen LogP contribution in [0.25, 0.3) is 0 Å². The molecule has 0 bridgehead atoms. The summed E-state index contributed by atoms with van der Waals surface area (Å²) in [5.74, 6) is 0.319. The summed E-state index contributed by atoms with van der Waals surface area (Å²) in [5, 5.41) is 19.5. The van der Waals surface area contributed by atoms with Crippen molar-refractivity contribution >= 4 is 35.4 Å². The number of allylic oxidation sites excluding steroid dienone is 1. The number of benzene rings is 3. The van der Waals surface area contributed by atoms with Crippen molar-refractivity contribution < 1.29 is 28.5 Å². The smallest absolute Gasteiger partial charge is 0.338 e. The van der Waals surface area contributed by atoms with Crippen LogP contribution in [-0.2, 0) is 20.9 Å². The van der Waals surface area contributed by atoms with Gasteiger partial charge in [0.15, 0.2) is 23.2 Å². The molecule has 0 saturated carbocycles. The van der Waals surface area contributed by atoms with E-state index in [2.05, 4.69) is 27.2 Å². The van der Waals surface area contributed by atoms with Crippen molar-refractivity contribution in [2.24, 2.45) is 5.10 Å². The van der Waals surface area contributed by atoms with Crippen LogP contribution in [-0.4, -0.2) is 43.5 Å². The lowest BCUT2D eigenvalue weighted by molar-refractivity contribution is -0.139. The molecule has 0 aliphatic carbocycles. The zero-order chi connectivity index (χ0) is 31.5. The van der Waals surface area contributed by atoms with Gasteiger partial charge in [-0.15, -0.1) is 0 Å². The van der Waals surface area contributed by atoms with Crippen LogP contribution in [0.1, 0.15) is 42.1 Å². The van der Waals surface area contributed by atoms with E-state index in [-0.39, 0.29) is 19.8 Å². The van der Waals surface area contributed by atoms with Crippen molar-refractivity contribution in [3.63, 3.8) is 0 Å². The molecule has 0 saturated heterocycles. The Morgan fingerprint density at radius 3 is 2.55 bits per heavy atom. The lowest BCUT2D eigenvalue weighted by atomic mass is 9.95. The number of esters is 1. The van der Waals surface area contributed by atoms with Crippen LogP contribution < -0.4 is 30.3 Å². The van der Waals surface area contributed by atoms with Gasteiger partial charge < -0.3 is 29.6 Å². The normalized spacial score (nSPS) is 14.2. The first-order valence-electron chi connectivity index (χ1n) is 13.6. The molecule has 0 aromatic heterocycles. The number of ether oxygens (including phenoxy) is 4. The molecule has 3 aromatic rings. The first kappa shape index (κ1) is 31.5. The van der Waals surface area contributed by atoms with Crippen molar-refractivity contribution in [2.75, 3.05) is 20.3 Å². The quantitative estimate of drug-likeness (QED) is 0.119. The molecule has 1 amide bonds. The SMILES string of the molecule is CCOC(=O)C1=C(C)NC(=S)N[C@@H]1c1ccccc1OCC(=O)NN=Cc1cccc(OC)c1OCc1ccc(C#N)cc1. The van der Waals surface area contributed by atoms with E-state index in [1.165, 1.54) is 13.3 Å². The van der Waals surface area contributed by atoms with E-state index in [1.807, 2.05) is 12.1 Å². The molecule has 11 nitrogen and oxygen atoms in total. The predicted molar refractivity (Wildman–Crippen MR) is 167 cm³/mol. The summed E-state index contributed by atoms with van der Waals surface area (Å²) in [6.07, 6.45) is 1.45. The first-order chi connectivity index (χ1) is 21.3. The van der Waals surface area contributed by atoms with Crippen molar-refractivity contribution in [3.8, 4) is 23.3 Å². The Balaban J connectivity index is 1.42. The summed E-state index contributed by atoms with van der Waals surface area (Å²) < 4.78 is 22.6. The highest BCUT2D eigenvalue weighted by atomic mass is 32.1. The molecule has 1 heterocycles. The van der Waals surface area contributed by atoms with Crippen molar-refractivity contribution in [2.45, 2.75) is 26.5 Å². The van der Waals surface area contributed by atoms with Crippen LogP contribution in [0.4, 0.5) is 0 Å². The van der Waals surface area contributed by atoms with Crippen LogP contribution in [0.2, 0.25) is 0 Å². The molecule has 0 fully saturated rings. The number of nitrogens with zero attached hydrogens (tertiary/aromatic N) is 2. The number of hydrogen-bond acceptors (Lipinski definition) is 9. The van der Waals surface area contributed by atoms with Gasteiger partial charge in [0.05, 0.1) is 43.2 Å². The van der Waals surface area contributed by atoms with Gasteiger partial charge in [0.2, 0.25) is 0 Å². The van der Waals surface area contributed by atoms with Crippen LogP contribution in [0, 0.1) is 11.3 Å². The molecule has 3 N–H and O–H groups in total. The Morgan fingerprint density at radius 1 is 1.07 bits per heavy atom. The summed E-state index contributed by atoms with van der Waals surface area (Å²) in [6.45, 7) is 3.57. The van der Waals surface area contributed by atoms with Gasteiger partial charge in [0.25, 0.3) is 5.91 Å². The van der Waals surface area contributed by atoms with Gasteiger partial charge in [0.1, 0.15) is 12.4 Å². The van der Waals surface area contributed by atoms with Crippen LogP contribution in [0.3, 0.4) is 0 Å². The zero-order valence-corrected chi connectivity index (χ0v) is 25.2. The standard InChI is InChI=1S/C32H31N5O6S/c1-4-41-31(39)28-20(2)35-32(44)36-29(28)24-9-5-6-10-25(24)42-19-27(38)37-34-17-23-8-7-11-26(40-3)30(23)43-18-22-14-12-21(16-33)13-15-22/h5-15,17,29H,4,18-19H2,1-3H3,(H,37,38)(H2,35,36,44)/t29-/m1/s1. The van der Waals surface area contributed by atoms with Crippen molar-refractivity contribution in [3.05, 3.63) is 100 Å². The second-order valence-corrected chi connectivity index (χ2v) is 9.79. The molecule has 1 aliphatic rings. The maximum Gasteiger partial charge on any atom is 0.338 e. The Kier molecular flexibility index (Phi) is 10.9. The fourth-order valence-corrected chi connectivity index (χ4v) is 4.66. The van der Waals surface area contributed by atoms with E-state index >= 15 is 0 Å². The number of nitriles is 1. The third-order valence-electron chi connectivity index (χ3n) is 6.44. The van der Waals surface area contributed by atoms with Gasteiger partial charge in [0, 0.05) is 16.8 Å². The zero-order valence-electron chi connectivity index (χ0n) is 24.4. The lowest BCUT2D eigenvalue weighted by Crippen LogP contribution is -2.45. The molecule has 0 unspecified atom stereocenters. The number of para-hydroxylation sites is 2. The highest BCUT2D eigenvalue weighted by molar-refractivity contribution is 7.80. The van der Waals surface area contributed by atoms with Crippen LogP contribution in [0.15, 0.2) is 83.1 Å².